The van der Waals surface area contributed by atoms with Gasteiger partial charge in [-0.2, -0.15) is 0 Å². The van der Waals surface area contributed by atoms with Crippen LogP contribution in [0.4, 0.5) is 0 Å². The minimum atomic E-state index is -0.524. The van der Waals surface area contributed by atoms with E-state index in [0.717, 1.165) is 12.8 Å². The highest BCUT2D eigenvalue weighted by molar-refractivity contribution is 6.00. The first-order chi connectivity index (χ1) is 8.99. The minimum absolute atomic E-state index is 0.0429. The summed E-state index contributed by atoms with van der Waals surface area (Å²) in [7, 11) is 0. The molecular weight excluding hydrogens is 238 g/mol. The Balaban J connectivity index is 2.00. The molecule has 1 aliphatic rings. The summed E-state index contributed by atoms with van der Waals surface area (Å²) in [5.74, 6) is -0.659. The van der Waals surface area contributed by atoms with Crippen LogP contribution >= 0.6 is 0 Å². The van der Waals surface area contributed by atoms with Crippen LogP contribution < -0.4 is 5.32 Å². The summed E-state index contributed by atoms with van der Waals surface area (Å²) in [5, 5.41) is 3.03. The second kappa shape index (κ2) is 5.55. The Labute approximate surface area is 114 Å². The highest BCUT2D eigenvalue weighted by atomic mass is 16.2. The number of benzene rings is 1. The lowest BCUT2D eigenvalue weighted by Gasteiger charge is -2.20. The largest absolute Gasteiger partial charge is 0.352 e. The van der Waals surface area contributed by atoms with Gasteiger partial charge < -0.3 is 5.32 Å². The van der Waals surface area contributed by atoms with Gasteiger partial charge in [-0.25, -0.2) is 0 Å². The maximum Gasteiger partial charge on any atom is 0.231 e. The summed E-state index contributed by atoms with van der Waals surface area (Å²) in [6, 6.07) is 8.38. The Morgan fingerprint density at radius 1 is 1.16 bits per heavy atom. The van der Waals surface area contributed by atoms with Crippen molar-refractivity contribution in [2.45, 2.75) is 39.7 Å². The van der Waals surface area contributed by atoms with E-state index >= 15 is 0 Å². The molecule has 0 fully saturated rings. The van der Waals surface area contributed by atoms with E-state index in [9.17, 15) is 9.59 Å². The number of hydrogen-bond acceptors (Lipinski definition) is 2. The van der Waals surface area contributed by atoms with Gasteiger partial charge in [-0.1, -0.05) is 38.1 Å². The van der Waals surface area contributed by atoms with Crippen molar-refractivity contribution in [1.82, 2.24) is 5.32 Å². The van der Waals surface area contributed by atoms with Gasteiger partial charge in [-0.3, -0.25) is 9.59 Å². The number of ketones is 1. The van der Waals surface area contributed by atoms with Crippen LogP contribution in [-0.4, -0.2) is 17.7 Å². The van der Waals surface area contributed by atoms with Crippen LogP contribution in [0.2, 0.25) is 0 Å². The van der Waals surface area contributed by atoms with Gasteiger partial charge in [0, 0.05) is 6.04 Å². The second-order valence-corrected chi connectivity index (χ2v) is 5.71. The van der Waals surface area contributed by atoms with Gasteiger partial charge in [0.05, 0.1) is 5.92 Å². The Morgan fingerprint density at radius 3 is 2.11 bits per heavy atom. The molecule has 102 valence electrons. The standard InChI is InChI=1S/C16H21NO2/c1-10(2)15(11(3)18)16(19)17-14-8-12-6-4-5-7-13(12)9-14/h4-7,10,14-15H,8-9H2,1-3H3,(H,17,19). The molecule has 1 unspecified atom stereocenters. The Morgan fingerprint density at radius 2 is 1.68 bits per heavy atom. The molecule has 0 saturated carbocycles. The van der Waals surface area contributed by atoms with E-state index in [0.29, 0.717) is 0 Å². The van der Waals surface area contributed by atoms with Gasteiger partial charge in [-0.15, -0.1) is 0 Å². The molecule has 19 heavy (non-hydrogen) atoms. The van der Waals surface area contributed by atoms with Crippen molar-refractivity contribution < 1.29 is 9.59 Å². The summed E-state index contributed by atoms with van der Waals surface area (Å²) in [6.45, 7) is 5.32. The number of amides is 1. The minimum Gasteiger partial charge on any atom is -0.352 e. The van der Waals surface area contributed by atoms with Crippen molar-refractivity contribution in [3.8, 4) is 0 Å². The smallest absolute Gasteiger partial charge is 0.231 e. The van der Waals surface area contributed by atoms with Crippen molar-refractivity contribution in [2.75, 3.05) is 0 Å². The van der Waals surface area contributed by atoms with E-state index in [-0.39, 0.29) is 23.7 Å². The topological polar surface area (TPSA) is 46.2 Å². The van der Waals surface area contributed by atoms with Crippen molar-refractivity contribution in [3.63, 3.8) is 0 Å². The summed E-state index contributed by atoms with van der Waals surface area (Å²) in [4.78, 5) is 23.8. The maximum absolute atomic E-state index is 12.2. The van der Waals surface area contributed by atoms with Crippen molar-refractivity contribution >= 4 is 11.7 Å². The first-order valence-corrected chi connectivity index (χ1v) is 6.86. The lowest BCUT2D eigenvalue weighted by atomic mass is 9.91. The third-order valence-corrected chi connectivity index (χ3v) is 3.78. The predicted molar refractivity (Wildman–Crippen MR) is 74.8 cm³/mol. The fourth-order valence-corrected chi connectivity index (χ4v) is 2.91. The predicted octanol–water partition coefficient (Wildman–Crippen LogP) is 2.13. The number of hydrogen-bond donors (Lipinski definition) is 1. The quantitative estimate of drug-likeness (QED) is 0.842. The molecule has 0 bridgehead atoms. The first-order valence-electron chi connectivity index (χ1n) is 6.86. The van der Waals surface area contributed by atoms with Crippen LogP contribution in [0, 0.1) is 11.8 Å². The molecule has 1 aromatic carbocycles. The summed E-state index contributed by atoms with van der Waals surface area (Å²) in [6.07, 6.45) is 1.73. The molecule has 1 aromatic rings. The van der Waals surface area contributed by atoms with Gasteiger partial charge in [0.15, 0.2) is 0 Å². The van der Waals surface area contributed by atoms with Crippen LogP contribution in [0.5, 0.6) is 0 Å². The second-order valence-electron chi connectivity index (χ2n) is 5.71. The summed E-state index contributed by atoms with van der Waals surface area (Å²) in [5.41, 5.74) is 2.61. The Bertz CT molecular complexity index is 468. The zero-order chi connectivity index (χ0) is 14.0. The maximum atomic E-state index is 12.2. The SMILES string of the molecule is CC(=O)C(C(=O)NC1Cc2ccccc2C1)C(C)C. The molecule has 0 radical (unpaired) electrons. The van der Waals surface area contributed by atoms with E-state index in [1.807, 2.05) is 26.0 Å². The van der Waals surface area contributed by atoms with E-state index in [4.69, 9.17) is 0 Å². The number of rotatable bonds is 4. The summed E-state index contributed by atoms with van der Waals surface area (Å²) < 4.78 is 0. The van der Waals surface area contributed by atoms with Crippen LogP contribution in [0.3, 0.4) is 0 Å². The molecule has 0 aliphatic heterocycles. The number of fused-ring (bicyclic) bond motifs is 1. The van der Waals surface area contributed by atoms with Gasteiger partial charge in [0.25, 0.3) is 0 Å². The van der Waals surface area contributed by atoms with E-state index in [1.54, 1.807) is 0 Å². The lowest BCUT2D eigenvalue weighted by Crippen LogP contribution is -2.43. The monoisotopic (exact) mass is 259 g/mol. The third-order valence-electron chi connectivity index (χ3n) is 3.78. The Kier molecular flexibility index (Phi) is 4.03. The molecule has 0 aromatic heterocycles. The molecule has 1 aliphatic carbocycles. The third kappa shape index (κ3) is 3.03. The van der Waals surface area contributed by atoms with Crippen LogP contribution in [0.15, 0.2) is 24.3 Å². The molecule has 2 rings (SSSR count). The van der Waals surface area contributed by atoms with Gasteiger partial charge in [-0.05, 0) is 36.8 Å². The molecular formula is C16H21NO2. The van der Waals surface area contributed by atoms with Crippen LogP contribution in [0.1, 0.15) is 31.9 Å². The van der Waals surface area contributed by atoms with Crippen molar-refractivity contribution in [3.05, 3.63) is 35.4 Å². The van der Waals surface area contributed by atoms with E-state index in [1.165, 1.54) is 18.1 Å². The lowest BCUT2D eigenvalue weighted by molar-refractivity contribution is -0.135. The number of carbonyl (C=O) groups is 2. The van der Waals surface area contributed by atoms with E-state index < -0.39 is 5.92 Å². The molecule has 1 amide bonds. The van der Waals surface area contributed by atoms with Gasteiger partial charge in [0.1, 0.15) is 5.78 Å². The molecule has 3 heteroatoms. The van der Waals surface area contributed by atoms with E-state index in [2.05, 4.69) is 17.4 Å². The average molecular weight is 259 g/mol. The normalized spacial score (nSPS) is 16.2. The molecule has 0 saturated heterocycles. The van der Waals surface area contributed by atoms with Gasteiger partial charge in [0.2, 0.25) is 5.91 Å². The van der Waals surface area contributed by atoms with Crippen molar-refractivity contribution in [1.29, 1.82) is 0 Å². The zero-order valence-electron chi connectivity index (χ0n) is 11.8. The molecule has 1 atom stereocenters. The fraction of sp³-hybridized carbons (Fsp3) is 0.500. The zero-order valence-corrected chi connectivity index (χ0v) is 11.8. The number of nitrogens with one attached hydrogen (secondary N) is 1. The first kappa shape index (κ1) is 13.8. The summed E-state index contributed by atoms with van der Waals surface area (Å²) >= 11 is 0. The van der Waals surface area contributed by atoms with Gasteiger partial charge >= 0.3 is 0 Å². The Hall–Kier alpha value is -1.64. The highest BCUT2D eigenvalue weighted by Gasteiger charge is 2.30. The van der Waals surface area contributed by atoms with Crippen LogP contribution in [-0.2, 0) is 22.4 Å². The highest BCUT2D eigenvalue weighted by Crippen LogP contribution is 2.22. The molecule has 0 spiro atoms. The average Bonchev–Trinajstić information content (AvgIpc) is 2.69. The molecule has 0 heterocycles. The van der Waals surface area contributed by atoms with Crippen molar-refractivity contribution in [2.24, 2.45) is 11.8 Å². The number of carbonyl (C=O) groups excluding carboxylic acids is 2. The molecule has 3 nitrogen and oxygen atoms in total. The fourth-order valence-electron chi connectivity index (χ4n) is 2.91. The van der Waals surface area contributed by atoms with Crippen LogP contribution in [0.25, 0.3) is 0 Å². The number of Topliss-reactive ketones (excluding diaryl/α,β-unsaturated/α-hetero) is 1. The molecule has 1 N–H and O–H groups in total.